The van der Waals surface area contributed by atoms with E-state index in [9.17, 15) is 0 Å². The van der Waals surface area contributed by atoms with E-state index in [0.29, 0.717) is 12.0 Å². The molecule has 1 aliphatic rings. The van der Waals surface area contributed by atoms with Gasteiger partial charge in [0.15, 0.2) is 0 Å². The molecule has 0 spiro atoms. The first-order valence-corrected chi connectivity index (χ1v) is 6.47. The smallest absolute Gasteiger partial charge is 0.0764 e. The average molecular weight is 233 g/mol. The van der Waals surface area contributed by atoms with Crippen LogP contribution in [0.15, 0.2) is 18.2 Å². The Balaban J connectivity index is 2.29. The number of nitrogens with two attached hydrogens (primary N) is 1. The van der Waals surface area contributed by atoms with Gasteiger partial charge in [-0.1, -0.05) is 37.1 Å². The molecular weight excluding hydrogens is 210 g/mol. The van der Waals surface area contributed by atoms with E-state index in [1.54, 1.807) is 0 Å². The van der Waals surface area contributed by atoms with Crippen LogP contribution in [0.1, 0.15) is 42.4 Å². The predicted octanol–water partition coefficient (Wildman–Crippen LogP) is 1.95. The van der Waals surface area contributed by atoms with Gasteiger partial charge in [-0.25, -0.2) is 5.43 Å². The van der Waals surface area contributed by atoms with E-state index >= 15 is 0 Å². The highest BCUT2D eigenvalue weighted by atomic mass is 15.5. The molecule has 3 nitrogen and oxygen atoms in total. The van der Waals surface area contributed by atoms with Crippen molar-refractivity contribution in [2.24, 2.45) is 5.73 Å². The van der Waals surface area contributed by atoms with E-state index in [4.69, 9.17) is 5.73 Å². The molecule has 1 fully saturated rings. The third-order valence-corrected chi connectivity index (χ3v) is 3.64. The van der Waals surface area contributed by atoms with Crippen LogP contribution in [-0.4, -0.2) is 12.2 Å². The minimum Gasteiger partial charge on any atom is -0.314 e. The Morgan fingerprint density at radius 2 is 2.00 bits per heavy atom. The molecule has 3 unspecified atom stereocenters. The van der Waals surface area contributed by atoms with Gasteiger partial charge in [-0.15, -0.1) is 0 Å². The Labute approximate surface area is 104 Å². The van der Waals surface area contributed by atoms with Crippen LogP contribution in [0.5, 0.6) is 0 Å². The number of hydrazine groups is 1. The topological polar surface area (TPSA) is 50.1 Å². The maximum absolute atomic E-state index is 6.17. The van der Waals surface area contributed by atoms with Gasteiger partial charge in [-0.05, 0) is 31.4 Å². The Hall–Kier alpha value is -0.900. The second-order valence-electron chi connectivity index (χ2n) is 5.10. The molecule has 1 saturated heterocycles. The molecule has 1 aromatic carbocycles. The fraction of sp³-hybridized carbons (Fsp3) is 0.571. The Bertz CT molecular complexity index is 387. The van der Waals surface area contributed by atoms with Crippen LogP contribution in [0.4, 0.5) is 0 Å². The van der Waals surface area contributed by atoms with Crippen molar-refractivity contribution in [2.45, 2.75) is 51.7 Å². The number of rotatable bonds is 3. The van der Waals surface area contributed by atoms with Gasteiger partial charge in [0, 0.05) is 12.0 Å². The summed E-state index contributed by atoms with van der Waals surface area (Å²) in [6.45, 7) is 6.52. The molecule has 94 valence electrons. The van der Waals surface area contributed by atoms with Crippen molar-refractivity contribution in [1.29, 1.82) is 0 Å². The van der Waals surface area contributed by atoms with Crippen LogP contribution >= 0.6 is 0 Å². The fourth-order valence-corrected chi connectivity index (χ4v) is 2.81. The van der Waals surface area contributed by atoms with E-state index in [2.05, 4.69) is 49.8 Å². The zero-order valence-corrected chi connectivity index (χ0v) is 11.0. The van der Waals surface area contributed by atoms with Crippen LogP contribution in [0.25, 0.3) is 0 Å². The van der Waals surface area contributed by atoms with Gasteiger partial charge >= 0.3 is 0 Å². The van der Waals surface area contributed by atoms with E-state index in [1.165, 1.54) is 23.1 Å². The summed E-state index contributed by atoms with van der Waals surface area (Å²) in [7, 11) is 0. The van der Waals surface area contributed by atoms with Crippen molar-refractivity contribution in [3.05, 3.63) is 34.9 Å². The first-order valence-electron chi connectivity index (χ1n) is 6.47. The Morgan fingerprint density at radius 1 is 1.24 bits per heavy atom. The first-order chi connectivity index (χ1) is 8.13. The van der Waals surface area contributed by atoms with Crippen molar-refractivity contribution in [2.75, 3.05) is 0 Å². The summed E-state index contributed by atoms with van der Waals surface area (Å²) in [4.78, 5) is 0. The largest absolute Gasteiger partial charge is 0.314 e. The summed E-state index contributed by atoms with van der Waals surface area (Å²) in [5.41, 5.74) is 16.7. The lowest BCUT2D eigenvalue weighted by Gasteiger charge is -2.23. The van der Waals surface area contributed by atoms with Gasteiger partial charge < -0.3 is 5.73 Å². The highest BCUT2D eigenvalue weighted by molar-refractivity contribution is 5.35. The lowest BCUT2D eigenvalue weighted by Crippen LogP contribution is -2.38. The van der Waals surface area contributed by atoms with E-state index < -0.39 is 0 Å². The molecule has 1 heterocycles. The summed E-state index contributed by atoms with van der Waals surface area (Å²) < 4.78 is 0. The molecule has 3 heteroatoms. The van der Waals surface area contributed by atoms with Gasteiger partial charge in [0.1, 0.15) is 0 Å². The summed E-state index contributed by atoms with van der Waals surface area (Å²) in [5.74, 6) is 0.371. The average Bonchev–Trinajstić information content (AvgIpc) is 2.62. The number of hydrogen-bond donors (Lipinski definition) is 3. The SMILES string of the molecule is CCCC1NNC(N)C1c1ccc(C)cc1C. The molecule has 0 aliphatic carbocycles. The van der Waals surface area contributed by atoms with E-state index in [1.807, 2.05) is 0 Å². The van der Waals surface area contributed by atoms with Crippen LogP contribution in [0, 0.1) is 13.8 Å². The monoisotopic (exact) mass is 233 g/mol. The quantitative estimate of drug-likeness (QED) is 0.748. The van der Waals surface area contributed by atoms with Crippen molar-refractivity contribution in [3.63, 3.8) is 0 Å². The van der Waals surface area contributed by atoms with Gasteiger partial charge in [0.05, 0.1) is 6.17 Å². The molecule has 17 heavy (non-hydrogen) atoms. The molecule has 1 aromatic rings. The summed E-state index contributed by atoms with van der Waals surface area (Å²) in [6.07, 6.45) is 2.33. The minimum absolute atomic E-state index is 0.00737. The van der Waals surface area contributed by atoms with Crippen molar-refractivity contribution >= 4 is 0 Å². The van der Waals surface area contributed by atoms with Crippen LogP contribution in [0.3, 0.4) is 0 Å². The zero-order valence-electron chi connectivity index (χ0n) is 11.0. The van der Waals surface area contributed by atoms with E-state index in [-0.39, 0.29) is 6.17 Å². The molecular formula is C14H23N3. The lowest BCUT2D eigenvalue weighted by molar-refractivity contribution is 0.484. The Kier molecular flexibility index (Phi) is 3.82. The second-order valence-corrected chi connectivity index (χ2v) is 5.10. The van der Waals surface area contributed by atoms with Gasteiger partial charge in [-0.3, -0.25) is 5.43 Å². The number of benzene rings is 1. The maximum atomic E-state index is 6.17. The highest BCUT2D eigenvalue weighted by Crippen LogP contribution is 2.30. The minimum atomic E-state index is 0.00737. The fourth-order valence-electron chi connectivity index (χ4n) is 2.81. The number of hydrogen-bond acceptors (Lipinski definition) is 3. The lowest BCUT2D eigenvalue weighted by atomic mass is 9.85. The summed E-state index contributed by atoms with van der Waals surface area (Å²) in [5, 5.41) is 0. The first kappa shape index (κ1) is 12.6. The summed E-state index contributed by atoms with van der Waals surface area (Å²) in [6, 6.07) is 7.09. The molecule has 1 aliphatic heterocycles. The van der Waals surface area contributed by atoms with Gasteiger partial charge in [0.2, 0.25) is 0 Å². The molecule has 2 rings (SSSR count). The molecule has 0 bridgehead atoms. The zero-order chi connectivity index (χ0) is 12.4. The third-order valence-electron chi connectivity index (χ3n) is 3.64. The molecule has 4 N–H and O–H groups in total. The van der Waals surface area contributed by atoms with Crippen molar-refractivity contribution in [3.8, 4) is 0 Å². The maximum Gasteiger partial charge on any atom is 0.0764 e. The van der Waals surface area contributed by atoms with Crippen LogP contribution in [0.2, 0.25) is 0 Å². The van der Waals surface area contributed by atoms with E-state index in [0.717, 1.165) is 6.42 Å². The highest BCUT2D eigenvalue weighted by Gasteiger charge is 2.34. The van der Waals surface area contributed by atoms with Gasteiger partial charge in [0.25, 0.3) is 0 Å². The van der Waals surface area contributed by atoms with Crippen LogP contribution in [-0.2, 0) is 0 Å². The second kappa shape index (κ2) is 5.17. The predicted molar refractivity (Wildman–Crippen MR) is 71.6 cm³/mol. The standard InChI is InChI=1S/C14H23N3/c1-4-5-12-13(14(15)17-16-12)11-7-6-9(2)8-10(11)3/h6-8,12-14,16-17H,4-5,15H2,1-3H3. The molecule has 0 aromatic heterocycles. The number of aryl methyl sites for hydroxylation is 2. The molecule has 0 amide bonds. The third kappa shape index (κ3) is 2.51. The molecule has 0 radical (unpaired) electrons. The van der Waals surface area contributed by atoms with Crippen LogP contribution < -0.4 is 16.6 Å². The summed E-state index contributed by atoms with van der Waals surface area (Å²) >= 11 is 0. The normalized spacial score (nSPS) is 28.6. The van der Waals surface area contributed by atoms with Gasteiger partial charge in [-0.2, -0.15) is 0 Å². The molecule has 0 saturated carbocycles. The molecule has 3 atom stereocenters. The number of nitrogens with one attached hydrogen (secondary N) is 2. The van der Waals surface area contributed by atoms with Crippen molar-refractivity contribution < 1.29 is 0 Å². The Morgan fingerprint density at radius 3 is 2.65 bits per heavy atom. The van der Waals surface area contributed by atoms with Crippen molar-refractivity contribution in [1.82, 2.24) is 10.9 Å².